The van der Waals surface area contributed by atoms with Crippen LogP contribution in [0.25, 0.3) is 10.9 Å². The second kappa shape index (κ2) is 7.25. The molecular weight excluding hydrogens is 314 g/mol. The van der Waals surface area contributed by atoms with Crippen molar-refractivity contribution in [2.45, 2.75) is 12.8 Å². The Kier molecular flexibility index (Phi) is 5.10. The second-order valence-corrected chi connectivity index (χ2v) is 6.42. The van der Waals surface area contributed by atoms with Gasteiger partial charge in [-0.05, 0) is 56.1 Å². The summed E-state index contributed by atoms with van der Waals surface area (Å²) in [6.07, 6.45) is 1.88. The average molecular weight is 334 g/mol. The number of piperidine rings is 1. The van der Waals surface area contributed by atoms with Crippen molar-refractivity contribution in [1.82, 2.24) is 9.88 Å². The fourth-order valence-corrected chi connectivity index (χ4v) is 3.04. The van der Waals surface area contributed by atoms with E-state index in [0.717, 1.165) is 36.8 Å². The van der Waals surface area contributed by atoms with Crippen LogP contribution in [0.5, 0.6) is 0 Å². The van der Waals surface area contributed by atoms with Crippen LogP contribution in [-0.2, 0) is 4.79 Å². The van der Waals surface area contributed by atoms with E-state index in [2.05, 4.69) is 15.2 Å². The van der Waals surface area contributed by atoms with Crippen LogP contribution >= 0.6 is 11.6 Å². The lowest BCUT2D eigenvalue weighted by Gasteiger charge is -2.30. The molecule has 0 saturated carbocycles. The van der Waals surface area contributed by atoms with Gasteiger partial charge in [0.05, 0.1) is 12.1 Å². The van der Waals surface area contributed by atoms with Gasteiger partial charge in [0.1, 0.15) is 5.82 Å². The van der Waals surface area contributed by atoms with E-state index in [0.29, 0.717) is 23.3 Å². The van der Waals surface area contributed by atoms with Gasteiger partial charge in [-0.3, -0.25) is 9.69 Å². The maximum Gasteiger partial charge on any atom is 0.239 e. The standard InChI is InChI=1S/C17H20ClN3O2/c18-14-3-1-13-2-4-16(19-15(13)9-14)20-17(23)10-21-7-5-12(11-22)6-8-21/h1-4,9,12,22H,5-8,10-11H2,(H,19,20,23). The van der Waals surface area contributed by atoms with Crippen LogP contribution in [0.4, 0.5) is 5.82 Å². The number of hydrogen-bond donors (Lipinski definition) is 2. The van der Waals surface area contributed by atoms with E-state index in [1.807, 2.05) is 18.2 Å². The van der Waals surface area contributed by atoms with Crippen LogP contribution in [0.2, 0.25) is 5.02 Å². The molecular formula is C17H20ClN3O2. The first-order valence-corrected chi connectivity index (χ1v) is 8.21. The maximum absolute atomic E-state index is 12.2. The molecule has 2 N–H and O–H groups in total. The van der Waals surface area contributed by atoms with Crippen LogP contribution < -0.4 is 5.32 Å². The van der Waals surface area contributed by atoms with Gasteiger partial charge in [0.25, 0.3) is 0 Å². The van der Waals surface area contributed by atoms with Crippen molar-refractivity contribution in [3.05, 3.63) is 35.4 Å². The monoisotopic (exact) mass is 333 g/mol. The van der Waals surface area contributed by atoms with Gasteiger partial charge in [-0.25, -0.2) is 4.98 Å². The molecule has 1 fully saturated rings. The van der Waals surface area contributed by atoms with E-state index in [9.17, 15) is 4.79 Å². The van der Waals surface area contributed by atoms with Gasteiger partial charge in [-0.1, -0.05) is 17.7 Å². The Morgan fingerprint density at radius 1 is 1.30 bits per heavy atom. The van der Waals surface area contributed by atoms with Crippen LogP contribution in [0.1, 0.15) is 12.8 Å². The molecule has 1 aliphatic heterocycles. The lowest BCUT2D eigenvalue weighted by molar-refractivity contribution is -0.117. The third kappa shape index (κ3) is 4.19. The number of carbonyl (C=O) groups excluding carboxylic acids is 1. The highest BCUT2D eigenvalue weighted by molar-refractivity contribution is 6.31. The quantitative estimate of drug-likeness (QED) is 0.902. The van der Waals surface area contributed by atoms with Gasteiger partial charge in [0, 0.05) is 17.0 Å². The number of nitrogens with one attached hydrogen (secondary N) is 1. The van der Waals surface area contributed by atoms with Crippen molar-refractivity contribution in [3.63, 3.8) is 0 Å². The van der Waals surface area contributed by atoms with Crippen molar-refractivity contribution in [3.8, 4) is 0 Å². The first-order chi connectivity index (χ1) is 11.1. The van der Waals surface area contributed by atoms with Gasteiger partial charge < -0.3 is 10.4 Å². The second-order valence-electron chi connectivity index (χ2n) is 5.98. The molecule has 0 atom stereocenters. The molecule has 5 nitrogen and oxygen atoms in total. The van der Waals surface area contributed by atoms with Crippen molar-refractivity contribution < 1.29 is 9.90 Å². The molecule has 122 valence electrons. The zero-order valence-corrected chi connectivity index (χ0v) is 13.6. The molecule has 1 aliphatic rings. The maximum atomic E-state index is 12.2. The van der Waals surface area contributed by atoms with Gasteiger partial charge in [0.15, 0.2) is 0 Å². The predicted octanol–water partition coefficient (Wildman–Crippen LogP) is 2.53. The number of nitrogens with zero attached hydrogens (tertiary/aromatic N) is 2. The van der Waals surface area contributed by atoms with E-state index < -0.39 is 0 Å². The van der Waals surface area contributed by atoms with Crippen molar-refractivity contribution in [2.75, 3.05) is 31.6 Å². The highest BCUT2D eigenvalue weighted by Gasteiger charge is 2.20. The fourth-order valence-electron chi connectivity index (χ4n) is 2.87. The van der Waals surface area contributed by atoms with Gasteiger partial charge in [-0.2, -0.15) is 0 Å². The van der Waals surface area contributed by atoms with Gasteiger partial charge >= 0.3 is 0 Å². The summed E-state index contributed by atoms with van der Waals surface area (Å²) in [5, 5.41) is 13.6. The van der Waals surface area contributed by atoms with Crippen LogP contribution in [0, 0.1) is 5.92 Å². The van der Waals surface area contributed by atoms with E-state index in [4.69, 9.17) is 16.7 Å². The lowest BCUT2D eigenvalue weighted by atomic mass is 9.98. The van der Waals surface area contributed by atoms with Crippen molar-refractivity contribution in [2.24, 2.45) is 5.92 Å². The number of aliphatic hydroxyl groups is 1. The molecule has 1 aromatic heterocycles. The first kappa shape index (κ1) is 16.2. The number of amides is 1. The van der Waals surface area contributed by atoms with E-state index in [-0.39, 0.29) is 12.5 Å². The molecule has 23 heavy (non-hydrogen) atoms. The molecule has 6 heteroatoms. The fraction of sp³-hybridized carbons (Fsp3) is 0.412. The molecule has 1 aromatic carbocycles. The molecule has 3 rings (SSSR count). The normalized spacial score (nSPS) is 16.6. The number of pyridine rings is 1. The van der Waals surface area contributed by atoms with Crippen LogP contribution in [0.15, 0.2) is 30.3 Å². The van der Waals surface area contributed by atoms with Gasteiger partial charge in [0.2, 0.25) is 5.91 Å². The largest absolute Gasteiger partial charge is 0.396 e. The number of aromatic nitrogens is 1. The third-order valence-corrected chi connectivity index (χ3v) is 4.49. The number of halogens is 1. The number of fused-ring (bicyclic) bond motifs is 1. The zero-order valence-electron chi connectivity index (χ0n) is 12.8. The summed E-state index contributed by atoms with van der Waals surface area (Å²) in [5.41, 5.74) is 0.763. The SMILES string of the molecule is O=C(CN1CCC(CO)CC1)Nc1ccc2ccc(Cl)cc2n1. The first-order valence-electron chi connectivity index (χ1n) is 7.83. The molecule has 0 unspecified atom stereocenters. The third-order valence-electron chi connectivity index (χ3n) is 4.25. The number of carbonyl (C=O) groups is 1. The molecule has 1 amide bonds. The van der Waals surface area contributed by atoms with Crippen LogP contribution in [0.3, 0.4) is 0 Å². The molecule has 0 bridgehead atoms. The summed E-state index contributed by atoms with van der Waals surface area (Å²) < 4.78 is 0. The minimum Gasteiger partial charge on any atom is -0.396 e. The predicted molar refractivity (Wildman–Crippen MR) is 91.6 cm³/mol. The number of benzene rings is 1. The number of anilines is 1. The van der Waals surface area contributed by atoms with Crippen LogP contribution in [-0.4, -0.2) is 47.1 Å². The minimum atomic E-state index is -0.0682. The summed E-state index contributed by atoms with van der Waals surface area (Å²) >= 11 is 5.98. The summed E-state index contributed by atoms with van der Waals surface area (Å²) in [5.74, 6) is 0.845. The highest BCUT2D eigenvalue weighted by Crippen LogP contribution is 2.20. The molecule has 2 aromatic rings. The number of hydrogen-bond acceptors (Lipinski definition) is 4. The molecule has 2 heterocycles. The lowest BCUT2D eigenvalue weighted by Crippen LogP contribution is -2.39. The smallest absolute Gasteiger partial charge is 0.239 e. The van der Waals surface area contributed by atoms with Crippen molar-refractivity contribution >= 4 is 34.2 Å². The molecule has 0 radical (unpaired) electrons. The topological polar surface area (TPSA) is 65.5 Å². The Morgan fingerprint density at radius 2 is 2.04 bits per heavy atom. The highest BCUT2D eigenvalue weighted by atomic mass is 35.5. The Morgan fingerprint density at radius 3 is 2.78 bits per heavy atom. The number of aliphatic hydroxyl groups excluding tert-OH is 1. The molecule has 0 spiro atoms. The average Bonchev–Trinajstić information content (AvgIpc) is 2.55. The summed E-state index contributed by atoms with van der Waals surface area (Å²) in [4.78, 5) is 18.7. The minimum absolute atomic E-state index is 0.0682. The Labute approximate surface area is 140 Å². The molecule has 0 aliphatic carbocycles. The van der Waals surface area contributed by atoms with E-state index >= 15 is 0 Å². The zero-order chi connectivity index (χ0) is 16.2. The summed E-state index contributed by atoms with van der Waals surface area (Å²) in [6.45, 7) is 2.29. The number of rotatable bonds is 4. The van der Waals surface area contributed by atoms with E-state index in [1.165, 1.54) is 0 Å². The van der Waals surface area contributed by atoms with Crippen molar-refractivity contribution in [1.29, 1.82) is 0 Å². The number of likely N-dealkylation sites (tertiary alicyclic amines) is 1. The Hall–Kier alpha value is -1.69. The summed E-state index contributed by atoms with van der Waals surface area (Å²) in [6, 6.07) is 9.22. The Balaban J connectivity index is 1.59. The van der Waals surface area contributed by atoms with Gasteiger partial charge in [-0.15, -0.1) is 0 Å². The summed E-state index contributed by atoms with van der Waals surface area (Å²) in [7, 11) is 0. The Bertz CT molecular complexity index is 699. The van der Waals surface area contributed by atoms with E-state index in [1.54, 1.807) is 12.1 Å². The molecule has 1 saturated heterocycles.